The normalized spacial score (nSPS) is 14.9. The van der Waals surface area contributed by atoms with Gasteiger partial charge in [0.1, 0.15) is 5.54 Å². The minimum absolute atomic E-state index is 0.152. The van der Waals surface area contributed by atoms with Crippen molar-refractivity contribution < 1.29 is 4.79 Å². The maximum atomic E-state index is 11.6. The molecule has 1 unspecified atom stereocenters. The van der Waals surface area contributed by atoms with E-state index in [4.69, 9.17) is 17.3 Å². The second kappa shape index (κ2) is 5.06. The van der Waals surface area contributed by atoms with Crippen molar-refractivity contribution in [2.24, 2.45) is 5.73 Å². The first kappa shape index (κ1) is 14.0. The summed E-state index contributed by atoms with van der Waals surface area (Å²) in [7, 11) is 0. The summed E-state index contributed by atoms with van der Waals surface area (Å²) in [6.07, 6.45) is 1.56. The Bertz CT molecular complexity index is 416. The molecule has 96 valence electrons. The average Bonchev–Trinajstić information content (AvgIpc) is 2.48. The molecule has 1 heterocycles. The summed E-state index contributed by atoms with van der Waals surface area (Å²) in [4.78, 5) is 11.6. The molecular formula is C11H19ClN4O. The van der Waals surface area contributed by atoms with Crippen LogP contribution in [0.3, 0.4) is 0 Å². The van der Waals surface area contributed by atoms with Gasteiger partial charge in [0.15, 0.2) is 0 Å². The fourth-order valence-electron chi connectivity index (χ4n) is 1.71. The van der Waals surface area contributed by atoms with E-state index in [9.17, 15) is 4.79 Å². The minimum Gasteiger partial charge on any atom is -0.368 e. The highest BCUT2D eigenvalue weighted by Gasteiger charge is 2.32. The molecular weight excluding hydrogens is 240 g/mol. The SMILES string of the molecule is Cc1c(Cl)cnn1CC(C)(NC(C)C)C(N)=O. The third-order valence-electron chi connectivity index (χ3n) is 2.66. The van der Waals surface area contributed by atoms with E-state index in [0.29, 0.717) is 11.6 Å². The zero-order chi connectivity index (χ0) is 13.2. The predicted octanol–water partition coefficient (Wildman–Crippen LogP) is 1.09. The molecule has 6 heteroatoms. The molecule has 1 atom stereocenters. The standard InChI is InChI=1S/C11H19ClN4O/c1-7(2)15-11(4,10(13)17)6-16-8(3)9(12)5-14-16/h5,7,15H,6H2,1-4H3,(H2,13,17). The number of nitrogens with one attached hydrogen (secondary N) is 1. The number of amides is 1. The summed E-state index contributed by atoms with van der Waals surface area (Å²) >= 11 is 5.92. The zero-order valence-corrected chi connectivity index (χ0v) is 11.4. The lowest BCUT2D eigenvalue weighted by atomic mass is 10.0. The van der Waals surface area contributed by atoms with E-state index in [1.165, 1.54) is 0 Å². The number of aromatic nitrogens is 2. The fourth-order valence-corrected chi connectivity index (χ4v) is 1.86. The molecule has 1 aromatic rings. The van der Waals surface area contributed by atoms with Gasteiger partial charge in [-0.15, -0.1) is 0 Å². The lowest BCUT2D eigenvalue weighted by Gasteiger charge is -2.30. The molecule has 1 aromatic heterocycles. The highest BCUT2D eigenvalue weighted by molar-refractivity contribution is 6.31. The average molecular weight is 259 g/mol. The van der Waals surface area contributed by atoms with Gasteiger partial charge in [-0.25, -0.2) is 0 Å². The first-order chi connectivity index (χ1) is 7.76. The van der Waals surface area contributed by atoms with E-state index in [-0.39, 0.29) is 6.04 Å². The van der Waals surface area contributed by atoms with Crippen molar-refractivity contribution in [3.63, 3.8) is 0 Å². The number of halogens is 1. The molecule has 0 saturated heterocycles. The van der Waals surface area contributed by atoms with E-state index in [0.717, 1.165) is 5.69 Å². The number of primary amides is 1. The molecule has 0 aromatic carbocycles. The summed E-state index contributed by atoms with van der Waals surface area (Å²) in [5.74, 6) is -0.405. The molecule has 1 rings (SSSR count). The molecule has 0 radical (unpaired) electrons. The highest BCUT2D eigenvalue weighted by Crippen LogP contribution is 2.16. The molecule has 0 saturated carbocycles. The van der Waals surface area contributed by atoms with Crippen molar-refractivity contribution >= 4 is 17.5 Å². The van der Waals surface area contributed by atoms with Crippen LogP contribution < -0.4 is 11.1 Å². The van der Waals surface area contributed by atoms with Crippen LogP contribution in [0.2, 0.25) is 5.02 Å². The number of hydrogen-bond acceptors (Lipinski definition) is 3. The van der Waals surface area contributed by atoms with E-state index < -0.39 is 11.4 Å². The lowest BCUT2D eigenvalue weighted by Crippen LogP contribution is -2.58. The summed E-state index contributed by atoms with van der Waals surface area (Å²) in [6, 6.07) is 0.152. The van der Waals surface area contributed by atoms with Crippen LogP contribution in [0.4, 0.5) is 0 Å². The quantitative estimate of drug-likeness (QED) is 0.830. The van der Waals surface area contributed by atoms with Gasteiger partial charge in [0.2, 0.25) is 5.91 Å². The van der Waals surface area contributed by atoms with Crippen molar-refractivity contribution in [3.8, 4) is 0 Å². The Hall–Kier alpha value is -1.07. The number of carbonyl (C=O) groups excluding carboxylic acids is 1. The number of nitrogens with zero attached hydrogens (tertiary/aromatic N) is 2. The van der Waals surface area contributed by atoms with Gasteiger partial charge < -0.3 is 5.73 Å². The Kier molecular flexibility index (Phi) is 4.16. The lowest BCUT2D eigenvalue weighted by molar-refractivity contribution is -0.124. The van der Waals surface area contributed by atoms with Crippen LogP contribution in [0.5, 0.6) is 0 Å². The van der Waals surface area contributed by atoms with Gasteiger partial charge in [-0.3, -0.25) is 14.8 Å². The fraction of sp³-hybridized carbons (Fsp3) is 0.636. The van der Waals surface area contributed by atoms with Crippen LogP contribution in [0.1, 0.15) is 26.5 Å². The monoisotopic (exact) mass is 258 g/mol. The van der Waals surface area contributed by atoms with E-state index in [1.54, 1.807) is 17.8 Å². The van der Waals surface area contributed by atoms with Gasteiger partial charge in [0.05, 0.1) is 23.5 Å². The molecule has 17 heavy (non-hydrogen) atoms. The molecule has 0 bridgehead atoms. The summed E-state index contributed by atoms with van der Waals surface area (Å²) < 4.78 is 1.68. The van der Waals surface area contributed by atoms with Crippen LogP contribution in [-0.2, 0) is 11.3 Å². The number of rotatable bonds is 5. The maximum absolute atomic E-state index is 11.6. The molecule has 5 nitrogen and oxygen atoms in total. The zero-order valence-electron chi connectivity index (χ0n) is 10.6. The Morgan fingerprint density at radius 1 is 1.71 bits per heavy atom. The van der Waals surface area contributed by atoms with Crippen LogP contribution >= 0.6 is 11.6 Å². The first-order valence-electron chi connectivity index (χ1n) is 5.52. The second-order valence-electron chi connectivity index (χ2n) is 4.73. The third-order valence-corrected chi connectivity index (χ3v) is 3.03. The number of hydrogen-bond donors (Lipinski definition) is 2. The van der Waals surface area contributed by atoms with E-state index in [2.05, 4.69) is 10.4 Å². The number of carbonyl (C=O) groups is 1. The van der Waals surface area contributed by atoms with Crippen molar-refractivity contribution in [1.82, 2.24) is 15.1 Å². The van der Waals surface area contributed by atoms with Gasteiger partial charge in [0.25, 0.3) is 0 Å². The van der Waals surface area contributed by atoms with Crippen molar-refractivity contribution in [1.29, 1.82) is 0 Å². The Morgan fingerprint density at radius 2 is 2.29 bits per heavy atom. The summed E-state index contributed by atoms with van der Waals surface area (Å²) in [5.41, 5.74) is 5.43. The van der Waals surface area contributed by atoms with Crippen molar-refractivity contribution in [3.05, 3.63) is 16.9 Å². The summed E-state index contributed by atoms with van der Waals surface area (Å²) in [6.45, 7) is 7.91. The van der Waals surface area contributed by atoms with E-state index in [1.807, 2.05) is 20.8 Å². The Balaban J connectivity index is 2.95. The number of nitrogens with two attached hydrogens (primary N) is 1. The molecule has 0 aliphatic carbocycles. The minimum atomic E-state index is -0.839. The van der Waals surface area contributed by atoms with Crippen LogP contribution in [0, 0.1) is 6.92 Å². The predicted molar refractivity (Wildman–Crippen MR) is 67.8 cm³/mol. The van der Waals surface area contributed by atoms with Crippen molar-refractivity contribution in [2.75, 3.05) is 0 Å². The van der Waals surface area contributed by atoms with Crippen LogP contribution in [0.25, 0.3) is 0 Å². The van der Waals surface area contributed by atoms with Gasteiger partial charge in [-0.2, -0.15) is 5.10 Å². The van der Waals surface area contributed by atoms with Crippen LogP contribution in [0.15, 0.2) is 6.20 Å². The van der Waals surface area contributed by atoms with Gasteiger partial charge in [0, 0.05) is 6.04 Å². The Morgan fingerprint density at radius 3 is 2.65 bits per heavy atom. The van der Waals surface area contributed by atoms with Crippen molar-refractivity contribution in [2.45, 2.75) is 45.8 Å². The van der Waals surface area contributed by atoms with E-state index >= 15 is 0 Å². The molecule has 0 spiro atoms. The van der Waals surface area contributed by atoms with Gasteiger partial charge >= 0.3 is 0 Å². The van der Waals surface area contributed by atoms with Crippen LogP contribution in [-0.4, -0.2) is 27.3 Å². The maximum Gasteiger partial charge on any atom is 0.239 e. The molecule has 0 aliphatic heterocycles. The Labute approximate surface area is 106 Å². The van der Waals surface area contributed by atoms with Gasteiger partial charge in [-0.1, -0.05) is 11.6 Å². The molecule has 0 aliphatic rings. The summed E-state index contributed by atoms with van der Waals surface area (Å²) in [5, 5.41) is 7.87. The molecule has 3 N–H and O–H groups in total. The molecule has 0 fully saturated rings. The second-order valence-corrected chi connectivity index (χ2v) is 5.14. The topological polar surface area (TPSA) is 72.9 Å². The largest absolute Gasteiger partial charge is 0.368 e. The van der Waals surface area contributed by atoms with Gasteiger partial charge in [-0.05, 0) is 27.7 Å². The third kappa shape index (κ3) is 3.20. The smallest absolute Gasteiger partial charge is 0.239 e. The molecule has 1 amide bonds. The highest BCUT2D eigenvalue weighted by atomic mass is 35.5. The first-order valence-corrected chi connectivity index (χ1v) is 5.89.